The first-order valence-electron chi connectivity index (χ1n) is 5.15. The Bertz CT molecular complexity index is 426. The average molecular weight is 223 g/mol. The molecule has 0 bridgehead atoms. The summed E-state index contributed by atoms with van der Waals surface area (Å²) in [6.45, 7) is 4.55. The summed E-state index contributed by atoms with van der Waals surface area (Å²) >= 11 is 0. The van der Waals surface area contributed by atoms with E-state index in [4.69, 9.17) is 0 Å². The van der Waals surface area contributed by atoms with Gasteiger partial charge in [-0.05, 0) is 6.08 Å². The van der Waals surface area contributed by atoms with Gasteiger partial charge in [-0.1, -0.05) is 6.58 Å². The van der Waals surface area contributed by atoms with Crippen LogP contribution in [-0.2, 0) is 18.4 Å². The van der Waals surface area contributed by atoms with Gasteiger partial charge in [-0.3, -0.25) is 4.79 Å². The van der Waals surface area contributed by atoms with Crippen LogP contribution in [-0.4, -0.2) is 39.0 Å². The SMILES string of the molecule is C=CC(=O)N1CCn2n[n+](C)cc2C1CO. The molecule has 1 aromatic rings. The Balaban J connectivity index is 2.36. The van der Waals surface area contributed by atoms with Crippen LogP contribution >= 0.6 is 0 Å². The molecule has 1 aliphatic rings. The number of aliphatic hydroxyl groups excluding tert-OH is 1. The maximum Gasteiger partial charge on any atom is 0.246 e. The molecule has 1 amide bonds. The second-order valence-electron chi connectivity index (χ2n) is 3.77. The minimum absolute atomic E-state index is 0.106. The molecule has 86 valence electrons. The monoisotopic (exact) mass is 223 g/mol. The highest BCUT2D eigenvalue weighted by Gasteiger charge is 2.35. The molecule has 1 unspecified atom stereocenters. The molecule has 16 heavy (non-hydrogen) atoms. The second-order valence-corrected chi connectivity index (χ2v) is 3.77. The first kappa shape index (κ1) is 10.8. The van der Waals surface area contributed by atoms with E-state index in [0.29, 0.717) is 13.1 Å². The second kappa shape index (κ2) is 4.05. The van der Waals surface area contributed by atoms with Gasteiger partial charge in [0.1, 0.15) is 19.6 Å². The Morgan fingerprint density at radius 1 is 1.81 bits per heavy atom. The highest BCUT2D eigenvalue weighted by Crippen LogP contribution is 2.23. The summed E-state index contributed by atoms with van der Waals surface area (Å²) in [5.41, 5.74) is 0.853. The van der Waals surface area contributed by atoms with Gasteiger partial charge in [-0.2, -0.15) is 0 Å². The van der Waals surface area contributed by atoms with Crippen LogP contribution in [0.4, 0.5) is 0 Å². The lowest BCUT2D eigenvalue weighted by atomic mass is 10.1. The number of aromatic nitrogens is 3. The van der Waals surface area contributed by atoms with Crippen LogP contribution in [0.5, 0.6) is 0 Å². The third kappa shape index (κ3) is 1.61. The molecule has 0 aromatic carbocycles. The van der Waals surface area contributed by atoms with Crippen molar-refractivity contribution in [3.05, 3.63) is 24.5 Å². The summed E-state index contributed by atoms with van der Waals surface area (Å²) in [6, 6.07) is -0.326. The minimum atomic E-state index is -0.326. The Morgan fingerprint density at radius 2 is 2.56 bits per heavy atom. The lowest BCUT2D eigenvalue weighted by Gasteiger charge is -2.30. The van der Waals surface area contributed by atoms with E-state index in [2.05, 4.69) is 11.8 Å². The van der Waals surface area contributed by atoms with E-state index in [1.165, 1.54) is 6.08 Å². The van der Waals surface area contributed by atoms with Gasteiger partial charge in [0.25, 0.3) is 0 Å². The van der Waals surface area contributed by atoms with E-state index >= 15 is 0 Å². The lowest BCUT2D eigenvalue weighted by molar-refractivity contribution is -0.732. The van der Waals surface area contributed by atoms with E-state index in [-0.39, 0.29) is 18.6 Å². The van der Waals surface area contributed by atoms with Crippen LogP contribution < -0.4 is 4.68 Å². The van der Waals surface area contributed by atoms with Crippen LogP contribution in [0.2, 0.25) is 0 Å². The molecule has 0 spiro atoms. The Labute approximate surface area is 93.4 Å². The van der Waals surface area contributed by atoms with Gasteiger partial charge in [0.2, 0.25) is 5.91 Å². The number of hydrogen-bond acceptors (Lipinski definition) is 3. The molecule has 1 N–H and O–H groups in total. The molecule has 0 saturated carbocycles. The number of aliphatic hydroxyl groups is 1. The van der Waals surface area contributed by atoms with Gasteiger partial charge < -0.3 is 10.0 Å². The minimum Gasteiger partial charge on any atom is -0.394 e. The van der Waals surface area contributed by atoms with Gasteiger partial charge >= 0.3 is 0 Å². The Kier molecular flexibility index (Phi) is 2.74. The van der Waals surface area contributed by atoms with E-state index in [0.717, 1.165) is 5.69 Å². The summed E-state index contributed by atoms with van der Waals surface area (Å²) in [6.07, 6.45) is 3.10. The van der Waals surface area contributed by atoms with Gasteiger partial charge in [0.05, 0.1) is 18.4 Å². The molecule has 2 heterocycles. The van der Waals surface area contributed by atoms with Crippen molar-refractivity contribution in [3.63, 3.8) is 0 Å². The fraction of sp³-hybridized carbons (Fsp3) is 0.500. The number of rotatable bonds is 2. The number of aryl methyl sites for hydroxylation is 1. The molecule has 2 rings (SSSR count). The molecule has 0 saturated heterocycles. The van der Waals surface area contributed by atoms with Gasteiger partial charge in [-0.25, -0.2) is 0 Å². The average Bonchev–Trinajstić information content (AvgIpc) is 2.66. The number of amides is 1. The van der Waals surface area contributed by atoms with Crippen molar-refractivity contribution in [1.82, 2.24) is 14.8 Å². The largest absolute Gasteiger partial charge is 0.394 e. The van der Waals surface area contributed by atoms with E-state index in [1.807, 2.05) is 17.9 Å². The summed E-state index contributed by atoms with van der Waals surface area (Å²) in [5, 5.41) is 13.6. The van der Waals surface area contributed by atoms with Crippen molar-refractivity contribution in [2.24, 2.45) is 7.05 Å². The van der Waals surface area contributed by atoms with Crippen molar-refractivity contribution < 1.29 is 14.6 Å². The summed E-state index contributed by atoms with van der Waals surface area (Å²) < 4.78 is 3.49. The fourth-order valence-corrected chi connectivity index (χ4v) is 2.03. The molecule has 1 aliphatic heterocycles. The maximum absolute atomic E-state index is 11.6. The molecule has 6 nitrogen and oxygen atoms in total. The number of carbonyl (C=O) groups is 1. The molecule has 1 atom stereocenters. The first-order chi connectivity index (χ1) is 7.67. The predicted molar refractivity (Wildman–Crippen MR) is 55.1 cm³/mol. The van der Waals surface area contributed by atoms with Crippen LogP contribution in [0.1, 0.15) is 11.7 Å². The van der Waals surface area contributed by atoms with Crippen LogP contribution in [0.15, 0.2) is 18.9 Å². The number of fused-ring (bicyclic) bond motifs is 1. The fourth-order valence-electron chi connectivity index (χ4n) is 2.03. The van der Waals surface area contributed by atoms with Crippen LogP contribution in [0.3, 0.4) is 0 Å². The molecule has 0 fully saturated rings. The van der Waals surface area contributed by atoms with Gasteiger partial charge in [-0.15, -0.1) is 9.36 Å². The highest BCUT2D eigenvalue weighted by molar-refractivity contribution is 5.87. The van der Waals surface area contributed by atoms with Gasteiger partial charge in [0.15, 0.2) is 11.9 Å². The number of nitrogens with zero attached hydrogens (tertiary/aromatic N) is 4. The van der Waals surface area contributed by atoms with Crippen LogP contribution in [0.25, 0.3) is 0 Å². The first-order valence-corrected chi connectivity index (χ1v) is 5.15. The predicted octanol–water partition coefficient (Wildman–Crippen LogP) is -1.23. The maximum atomic E-state index is 11.6. The Morgan fingerprint density at radius 3 is 3.19 bits per heavy atom. The standard InChI is InChI=1S/C10H15N4O2/c1-3-10(16)13-4-5-14-8(9(13)7-15)6-12(2)11-14/h3,6,9,15H,1,4-5,7H2,2H3/q+1. The molecule has 1 aromatic heterocycles. The van der Waals surface area contributed by atoms with E-state index in [1.54, 1.807) is 9.58 Å². The lowest BCUT2D eigenvalue weighted by Crippen LogP contribution is -2.43. The number of carbonyl (C=O) groups excluding carboxylic acids is 1. The van der Waals surface area contributed by atoms with Crippen molar-refractivity contribution in [3.8, 4) is 0 Å². The zero-order valence-electron chi connectivity index (χ0n) is 9.20. The topological polar surface area (TPSA) is 62.2 Å². The van der Waals surface area contributed by atoms with E-state index < -0.39 is 0 Å². The molecular formula is C10H15N4O2+. The van der Waals surface area contributed by atoms with Gasteiger partial charge in [0, 0.05) is 0 Å². The third-order valence-electron chi connectivity index (χ3n) is 2.77. The van der Waals surface area contributed by atoms with E-state index in [9.17, 15) is 9.90 Å². The molecule has 6 heteroatoms. The zero-order valence-corrected chi connectivity index (χ0v) is 9.20. The van der Waals surface area contributed by atoms with Crippen molar-refractivity contribution in [2.75, 3.05) is 13.2 Å². The summed E-state index contributed by atoms with van der Waals surface area (Å²) in [4.78, 5) is 13.2. The number of hydrogen-bond donors (Lipinski definition) is 1. The quantitative estimate of drug-likeness (QED) is 0.504. The van der Waals surface area contributed by atoms with Crippen molar-refractivity contribution in [1.29, 1.82) is 0 Å². The summed E-state index contributed by atoms with van der Waals surface area (Å²) in [7, 11) is 1.82. The smallest absolute Gasteiger partial charge is 0.246 e. The third-order valence-corrected chi connectivity index (χ3v) is 2.77. The van der Waals surface area contributed by atoms with Crippen molar-refractivity contribution >= 4 is 5.91 Å². The van der Waals surface area contributed by atoms with Crippen molar-refractivity contribution in [2.45, 2.75) is 12.6 Å². The Hall–Kier alpha value is -1.69. The molecule has 0 radical (unpaired) electrons. The zero-order chi connectivity index (χ0) is 11.7. The van der Waals surface area contributed by atoms with Crippen LogP contribution in [0, 0.1) is 0 Å². The summed E-state index contributed by atoms with van der Waals surface area (Å²) in [5.74, 6) is -0.158. The molecule has 0 aliphatic carbocycles. The molecular weight excluding hydrogens is 208 g/mol. The normalized spacial score (nSPS) is 19.4. The highest BCUT2D eigenvalue weighted by atomic mass is 16.3.